The van der Waals surface area contributed by atoms with Gasteiger partial charge in [0.15, 0.2) is 0 Å². The van der Waals surface area contributed by atoms with Crippen LogP contribution in [-0.4, -0.2) is 30.2 Å². The van der Waals surface area contributed by atoms with Crippen molar-refractivity contribution in [3.8, 4) is 0 Å². The molecule has 0 spiro atoms. The Labute approximate surface area is 152 Å². The summed E-state index contributed by atoms with van der Waals surface area (Å²) in [6.07, 6.45) is 3.53. The topological polar surface area (TPSA) is 12.5 Å². The van der Waals surface area contributed by atoms with E-state index in [0.29, 0.717) is 12.1 Å². The highest BCUT2D eigenvalue weighted by atomic mass is 32.1. The van der Waals surface area contributed by atoms with Crippen molar-refractivity contribution in [2.24, 2.45) is 0 Å². The van der Waals surface area contributed by atoms with Crippen LogP contribution < -0.4 is 0 Å². The second-order valence-electron chi connectivity index (χ2n) is 6.96. The predicted octanol–water partition coefficient (Wildman–Crippen LogP) is 4.96. The van der Waals surface area contributed by atoms with Gasteiger partial charge in [-0.25, -0.2) is 0 Å². The van der Waals surface area contributed by atoms with Crippen LogP contribution in [0.25, 0.3) is 15.7 Å². The van der Waals surface area contributed by atoms with E-state index in [1.807, 2.05) is 11.3 Å². The highest BCUT2D eigenvalue weighted by molar-refractivity contribution is 7.20. The number of rotatable bonds is 3. The standard InChI is InChI=1S/C22H21NOS/c1-2-6-16(7-3-1)13-23-19-10-18(11-20(23)15-24-14-19)22-12-17-8-4-5-9-21(17)25-22/h1-10,12,19-20H,11,13-15H2. The van der Waals surface area contributed by atoms with E-state index in [1.54, 1.807) is 0 Å². The van der Waals surface area contributed by atoms with Crippen molar-refractivity contribution in [3.05, 3.63) is 77.2 Å². The molecule has 2 aromatic carbocycles. The van der Waals surface area contributed by atoms with Gasteiger partial charge < -0.3 is 4.74 Å². The second-order valence-corrected chi connectivity index (χ2v) is 8.04. The maximum absolute atomic E-state index is 5.86. The first-order valence-corrected chi connectivity index (χ1v) is 9.75. The van der Waals surface area contributed by atoms with Crippen LogP contribution in [0.5, 0.6) is 0 Å². The van der Waals surface area contributed by atoms with E-state index in [9.17, 15) is 0 Å². The van der Waals surface area contributed by atoms with Crippen LogP contribution in [0.15, 0.2) is 66.7 Å². The fraction of sp³-hybridized carbons (Fsp3) is 0.273. The molecule has 0 aliphatic carbocycles. The van der Waals surface area contributed by atoms with Crippen LogP contribution >= 0.6 is 11.3 Å². The molecule has 3 aromatic rings. The molecule has 3 heterocycles. The Hall–Kier alpha value is -1.94. The molecule has 5 rings (SSSR count). The Morgan fingerprint density at radius 1 is 1.00 bits per heavy atom. The van der Waals surface area contributed by atoms with E-state index in [0.717, 1.165) is 26.2 Å². The van der Waals surface area contributed by atoms with E-state index >= 15 is 0 Å². The molecule has 3 heteroatoms. The summed E-state index contributed by atoms with van der Waals surface area (Å²) in [7, 11) is 0. The van der Waals surface area contributed by atoms with Crippen molar-refractivity contribution in [3.63, 3.8) is 0 Å². The molecule has 25 heavy (non-hydrogen) atoms. The van der Waals surface area contributed by atoms with Crippen LogP contribution in [-0.2, 0) is 11.3 Å². The Balaban J connectivity index is 1.46. The molecule has 0 amide bonds. The highest BCUT2D eigenvalue weighted by Crippen LogP contribution is 2.38. The number of ether oxygens (including phenoxy) is 1. The minimum Gasteiger partial charge on any atom is -0.378 e. The van der Waals surface area contributed by atoms with Gasteiger partial charge in [-0.15, -0.1) is 11.3 Å². The number of thiophene rings is 1. The van der Waals surface area contributed by atoms with Gasteiger partial charge in [-0.3, -0.25) is 4.90 Å². The number of benzene rings is 2. The third kappa shape index (κ3) is 2.93. The third-order valence-electron chi connectivity index (χ3n) is 5.29. The fourth-order valence-corrected chi connectivity index (χ4v) is 5.12. The lowest BCUT2D eigenvalue weighted by atomic mass is 9.92. The lowest BCUT2D eigenvalue weighted by Crippen LogP contribution is -2.53. The summed E-state index contributed by atoms with van der Waals surface area (Å²) in [5, 5.41) is 1.36. The lowest BCUT2D eigenvalue weighted by molar-refractivity contribution is -0.0402. The fourth-order valence-electron chi connectivity index (χ4n) is 4.02. The van der Waals surface area contributed by atoms with E-state index in [2.05, 4.69) is 71.6 Å². The minimum absolute atomic E-state index is 0.382. The number of morpholine rings is 1. The zero-order chi connectivity index (χ0) is 16.6. The summed E-state index contributed by atoms with van der Waals surface area (Å²) >= 11 is 1.92. The van der Waals surface area contributed by atoms with Crippen molar-refractivity contribution in [2.75, 3.05) is 13.2 Å². The molecular weight excluding hydrogens is 326 g/mol. The summed E-state index contributed by atoms with van der Waals surface area (Å²) in [5.41, 5.74) is 2.89. The summed E-state index contributed by atoms with van der Waals surface area (Å²) in [6, 6.07) is 22.7. The van der Waals surface area contributed by atoms with Crippen LogP contribution in [0.2, 0.25) is 0 Å². The van der Waals surface area contributed by atoms with Gasteiger partial charge in [0.05, 0.1) is 19.3 Å². The smallest absolute Gasteiger partial charge is 0.0658 e. The van der Waals surface area contributed by atoms with Crippen molar-refractivity contribution < 1.29 is 4.74 Å². The van der Waals surface area contributed by atoms with Gasteiger partial charge in [-0.1, -0.05) is 54.6 Å². The normalized spacial score (nSPS) is 23.6. The second kappa shape index (κ2) is 6.41. The third-order valence-corrected chi connectivity index (χ3v) is 6.48. The Morgan fingerprint density at radius 3 is 2.68 bits per heavy atom. The molecule has 126 valence electrons. The maximum atomic E-state index is 5.86. The van der Waals surface area contributed by atoms with Gasteiger partial charge in [0.25, 0.3) is 0 Å². The van der Waals surface area contributed by atoms with E-state index < -0.39 is 0 Å². The van der Waals surface area contributed by atoms with Crippen LogP contribution in [0.4, 0.5) is 0 Å². The van der Waals surface area contributed by atoms with Gasteiger partial charge in [0, 0.05) is 22.2 Å². The quantitative estimate of drug-likeness (QED) is 0.664. The van der Waals surface area contributed by atoms with Gasteiger partial charge >= 0.3 is 0 Å². The molecule has 1 saturated heterocycles. The Bertz CT molecular complexity index is 881. The molecule has 1 aromatic heterocycles. The molecule has 0 radical (unpaired) electrons. The van der Waals surface area contributed by atoms with Gasteiger partial charge in [-0.05, 0) is 35.1 Å². The first-order chi connectivity index (χ1) is 12.4. The Kier molecular flexibility index (Phi) is 3.93. The summed E-state index contributed by atoms with van der Waals surface area (Å²) in [4.78, 5) is 4.05. The van der Waals surface area contributed by atoms with Crippen molar-refractivity contribution in [1.29, 1.82) is 0 Å². The number of fused-ring (bicyclic) bond motifs is 3. The van der Waals surface area contributed by atoms with E-state index in [-0.39, 0.29) is 0 Å². The molecule has 2 unspecified atom stereocenters. The van der Waals surface area contributed by atoms with Crippen molar-refractivity contribution in [1.82, 2.24) is 4.90 Å². The maximum Gasteiger partial charge on any atom is 0.0658 e. The molecule has 2 atom stereocenters. The molecule has 0 N–H and O–H groups in total. The molecule has 2 bridgehead atoms. The van der Waals surface area contributed by atoms with Crippen LogP contribution in [0.3, 0.4) is 0 Å². The molecule has 2 nitrogen and oxygen atoms in total. The summed E-state index contributed by atoms with van der Waals surface area (Å²) in [5.74, 6) is 0. The lowest BCUT2D eigenvalue weighted by Gasteiger charge is -2.44. The van der Waals surface area contributed by atoms with Crippen molar-refractivity contribution in [2.45, 2.75) is 25.0 Å². The molecular formula is C22H21NOS. The average Bonchev–Trinajstić information content (AvgIpc) is 3.06. The van der Waals surface area contributed by atoms with Gasteiger partial charge in [0.1, 0.15) is 0 Å². The first-order valence-electron chi connectivity index (χ1n) is 8.94. The molecule has 2 aliphatic heterocycles. The molecule has 2 aliphatic rings. The van der Waals surface area contributed by atoms with Gasteiger partial charge in [-0.2, -0.15) is 0 Å². The minimum atomic E-state index is 0.382. The zero-order valence-corrected chi connectivity index (χ0v) is 14.9. The largest absolute Gasteiger partial charge is 0.378 e. The zero-order valence-electron chi connectivity index (χ0n) is 14.1. The summed E-state index contributed by atoms with van der Waals surface area (Å²) < 4.78 is 7.25. The monoisotopic (exact) mass is 347 g/mol. The predicted molar refractivity (Wildman–Crippen MR) is 105 cm³/mol. The van der Waals surface area contributed by atoms with E-state index in [1.165, 1.54) is 26.1 Å². The first kappa shape index (κ1) is 15.3. The van der Waals surface area contributed by atoms with Crippen molar-refractivity contribution >= 4 is 27.0 Å². The van der Waals surface area contributed by atoms with E-state index in [4.69, 9.17) is 4.74 Å². The van der Waals surface area contributed by atoms with Gasteiger partial charge in [0.2, 0.25) is 0 Å². The van der Waals surface area contributed by atoms with Crippen LogP contribution in [0.1, 0.15) is 16.9 Å². The van der Waals surface area contributed by atoms with Crippen LogP contribution in [0, 0.1) is 0 Å². The Morgan fingerprint density at radius 2 is 1.84 bits per heavy atom. The SMILES string of the molecule is C1=C(c2cc3ccccc3s2)CC2COCC1N2Cc1ccccc1. The highest BCUT2D eigenvalue weighted by Gasteiger charge is 2.35. The molecule has 0 saturated carbocycles. The summed E-state index contributed by atoms with van der Waals surface area (Å²) in [6.45, 7) is 2.65. The number of hydrogen-bond donors (Lipinski definition) is 0. The molecule has 1 fully saturated rings. The average molecular weight is 347 g/mol. The number of hydrogen-bond acceptors (Lipinski definition) is 3. The number of nitrogens with zero attached hydrogens (tertiary/aromatic N) is 1.